The highest BCUT2D eigenvalue weighted by atomic mass is 32.2. The maximum atomic E-state index is 12.3. The van der Waals surface area contributed by atoms with E-state index in [1.165, 1.54) is 11.8 Å². The number of nitrogens with zero attached hydrogens (tertiary/aromatic N) is 2. The van der Waals surface area contributed by atoms with E-state index in [2.05, 4.69) is 10.3 Å². The second-order valence-electron chi connectivity index (χ2n) is 5.66. The van der Waals surface area contributed by atoms with Crippen molar-refractivity contribution in [2.75, 3.05) is 12.9 Å². The predicted molar refractivity (Wildman–Crippen MR) is 92.5 cm³/mol. The van der Waals surface area contributed by atoms with Crippen LogP contribution in [0.1, 0.15) is 23.6 Å². The molecule has 3 rings (SSSR count). The third-order valence-electron chi connectivity index (χ3n) is 3.99. The molecule has 2 heterocycles. The second-order valence-corrected chi connectivity index (χ2v) is 6.64. The molecular formula is C17H19N3O3S. The highest BCUT2D eigenvalue weighted by Crippen LogP contribution is 2.31. The van der Waals surface area contributed by atoms with E-state index >= 15 is 0 Å². The molecule has 0 fully saturated rings. The van der Waals surface area contributed by atoms with Crippen LogP contribution < -0.4 is 15.6 Å². The summed E-state index contributed by atoms with van der Waals surface area (Å²) in [6, 6.07) is 7.42. The van der Waals surface area contributed by atoms with E-state index < -0.39 is 0 Å². The van der Waals surface area contributed by atoms with Gasteiger partial charge in [0.2, 0.25) is 5.91 Å². The maximum Gasteiger partial charge on any atom is 0.257 e. The lowest BCUT2D eigenvalue weighted by Gasteiger charge is -2.14. The Labute approximate surface area is 144 Å². The monoisotopic (exact) mass is 345 g/mol. The molecule has 1 aromatic heterocycles. The molecule has 0 aliphatic carbocycles. The average Bonchev–Trinajstić information content (AvgIpc) is 3.00. The number of carbonyl (C=O) groups excluding carboxylic acids is 1. The summed E-state index contributed by atoms with van der Waals surface area (Å²) in [5.74, 6) is 1.34. The number of nitrogens with one attached hydrogen (secondary N) is 1. The zero-order chi connectivity index (χ0) is 17.1. The number of thioether (sulfide) groups is 1. The number of aryl methyl sites for hydroxylation is 1. The molecule has 1 atom stereocenters. The lowest BCUT2D eigenvalue weighted by Crippen LogP contribution is -2.31. The lowest BCUT2D eigenvalue weighted by atomic mass is 10.2. The summed E-state index contributed by atoms with van der Waals surface area (Å²) in [5, 5.41) is 3.59. The molecule has 6 nitrogen and oxygen atoms in total. The number of aromatic nitrogens is 2. The molecular weight excluding hydrogens is 326 g/mol. The summed E-state index contributed by atoms with van der Waals surface area (Å²) in [6.07, 6.45) is 1.85. The van der Waals surface area contributed by atoms with Gasteiger partial charge in [-0.25, -0.2) is 4.98 Å². The van der Waals surface area contributed by atoms with Gasteiger partial charge in [0, 0.05) is 36.0 Å². The smallest absolute Gasteiger partial charge is 0.257 e. The number of amides is 1. The zero-order valence-corrected chi connectivity index (χ0v) is 14.4. The van der Waals surface area contributed by atoms with Crippen LogP contribution in [0.3, 0.4) is 0 Å². The van der Waals surface area contributed by atoms with Crippen LogP contribution in [0.15, 0.2) is 40.4 Å². The predicted octanol–water partition coefficient (Wildman–Crippen LogP) is 1.91. The van der Waals surface area contributed by atoms with Crippen molar-refractivity contribution in [3.8, 4) is 5.75 Å². The van der Waals surface area contributed by atoms with E-state index in [1.54, 1.807) is 24.8 Å². The number of para-hydroxylation sites is 1. The molecule has 2 aromatic rings. The first-order valence-electron chi connectivity index (χ1n) is 7.69. The van der Waals surface area contributed by atoms with Crippen molar-refractivity contribution in [2.45, 2.75) is 31.1 Å². The number of benzene rings is 1. The molecule has 7 heteroatoms. The Kier molecular flexibility index (Phi) is 4.89. The molecule has 1 aromatic carbocycles. The van der Waals surface area contributed by atoms with Crippen LogP contribution in [-0.4, -0.2) is 28.3 Å². The van der Waals surface area contributed by atoms with Gasteiger partial charge in [-0.1, -0.05) is 30.0 Å². The van der Waals surface area contributed by atoms with E-state index in [0.717, 1.165) is 11.3 Å². The third kappa shape index (κ3) is 3.31. The van der Waals surface area contributed by atoms with Crippen molar-refractivity contribution in [3.63, 3.8) is 0 Å². The van der Waals surface area contributed by atoms with E-state index in [-0.39, 0.29) is 23.9 Å². The number of hydrogen-bond acceptors (Lipinski definition) is 5. The first-order chi connectivity index (χ1) is 11.6. The standard InChI is InChI=1S/C17H19N3O3S/c1-11-8-19-17-20(16(11)22)13(10-24-17)7-15(21)18-9-12-5-3-4-6-14(12)23-2/h3-6,8,13H,7,9-10H2,1-2H3,(H,18,21). The first-order valence-corrected chi connectivity index (χ1v) is 8.68. The molecule has 0 saturated carbocycles. The van der Waals surface area contributed by atoms with Crippen molar-refractivity contribution in [3.05, 3.63) is 51.9 Å². The Bertz CT molecular complexity index is 819. The molecule has 1 unspecified atom stereocenters. The van der Waals surface area contributed by atoms with Crippen molar-refractivity contribution < 1.29 is 9.53 Å². The summed E-state index contributed by atoms with van der Waals surface area (Å²) in [4.78, 5) is 28.8. The Morgan fingerprint density at radius 1 is 1.46 bits per heavy atom. The van der Waals surface area contributed by atoms with Gasteiger partial charge in [0.1, 0.15) is 5.75 Å². The molecule has 1 N–H and O–H groups in total. The van der Waals surface area contributed by atoms with Crippen molar-refractivity contribution in [1.29, 1.82) is 0 Å². The molecule has 1 aliphatic rings. The minimum atomic E-state index is -0.150. The topological polar surface area (TPSA) is 73.2 Å². The van der Waals surface area contributed by atoms with Gasteiger partial charge >= 0.3 is 0 Å². The second kappa shape index (κ2) is 7.09. The lowest BCUT2D eigenvalue weighted by molar-refractivity contribution is -0.121. The molecule has 0 radical (unpaired) electrons. The van der Waals surface area contributed by atoms with Crippen molar-refractivity contribution in [2.24, 2.45) is 0 Å². The van der Waals surface area contributed by atoms with Gasteiger partial charge in [0.25, 0.3) is 5.56 Å². The summed E-state index contributed by atoms with van der Waals surface area (Å²) >= 11 is 1.51. The molecule has 24 heavy (non-hydrogen) atoms. The van der Waals surface area contributed by atoms with Crippen LogP contribution >= 0.6 is 11.8 Å². The van der Waals surface area contributed by atoms with Gasteiger partial charge in [0.05, 0.1) is 13.2 Å². The maximum absolute atomic E-state index is 12.3. The van der Waals surface area contributed by atoms with Crippen LogP contribution in [0.4, 0.5) is 0 Å². The van der Waals surface area contributed by atoms with Crippen LogP contribution in [-0.2, 0) is 11.3 Å². The van der Waals surface area contributed by atoms with Crippen LogP contribution in [0.5, 0.6) is 5.75 Å². The van der Waals surface area contributed by atoms with Crippen molar-refractivity contribution >= 4 is 17.7 Å². The van der Waals surface area contributed by atoms with Gasteiger partial charge in [-0.3, -0.25) is 14.2 Å². The minimum absolute atomic E-state index is 0.0625. The minimum Gasteiger partial charge on any atom is -0.496 e. The number of hydrogen-bond donors (Lipinski definition) is 1. The molecule has 1 aliphatic heterocycles. The van der Waals surface area contributed by atoms with Crippen LogP contribution in [0.2, 0.25) is 0 Å². The number of ether oxygens (including phenoxy) is 1. The van der Waals surface area contributed by atoms with Gasteiger partial charge in [-0.2, -0.15) is 0 Å². The number of fused-ring (bicyclic) bond motifs is 1. The summed E-state index contributed by atoms with van der Waals surface area (Å²) in [5.41, 5.74) is 1.46. The fourth-order valence-electron chi connectivity index (χ4n) is 2.70. The summed E-state index contributed by atoms with van der Waals surface area (Å²) in [6.45, 7) is 2.14. The Morgan fingerprint density at radius 2 is 2.25 bits per heavy atom. The molecule has 0 bridgehead atoms. The van der Waals surface area contributed by atoms with E-state index in [0.29, 0.717) is 23.0 Å². The van der Waals surface area contributed by atoms with Crippen LogP contribution in [0, 0.1) is 6.92 Å². The highest BCUT2D eigenvalue weighted by Gasteiger charge is 2.27. The molecule has 1 amide bonds. The molecule has 126 valence electrons. The first kappa shape index (κ1) is 16.6. The van der Waals surface area contributed by atoms with Gasteiger partial charge in [0.15, 0.2) is 5.16 Å². The summed E-state index contributed by atoms with van der Waals surface area (Å²) in [7, 11) is 1.61. The third-order valence-corrected chi connectivity index (χ3v) is 5.10. The molecule has 0 spiro atoms. The fourth-order valence-corrected chi connectivity index (χ4v) is 3.81. The fraction of sp³-hybridized carbons (Fsp3) is 0.353. The average molecular weight is 345 g/mol. The Hall–Kier alpha value is -2.28. The van der Waals surface area contributed by atoms with Crippen molar-refractivity contribution in [1.82, 2.24) is 14.9 Å². The Morgan fingerprint density at radius 3 is 3.04 bits per heavy atom. The van der Waals surface area contributed by atoms with E-state index in [9.17, 15) is 9.59 Å². The quantitative estimate of drug-likeness (QED) is 0.838. The SMILES string of the molecule is COc1ccccc1CNC(=O)CC1CSc2ncc(C)c(=O)n21. The summed E-state index contributed by atoms with van der Waals surface area (Å²) < 4.78 is 6.92. The molecule has 0 saturated heterocycles. The van der Waals surface area contributed by atoms with Crippen LogP contribution in [0.25, 0.3) is 0 Å². The number of methoxy groups -OCH3 is 1. The number of carbonyl (C=O) groups is 1. The van der Waals surface area contributed by atoms with Gasteiger partial charge < -0.3 is 10.1 Å². The zero-order valence-electron chi connectivity index (χ0n) is 13.6. The highest BCUT2D eigenvalue weighted by molar-refractivity contribution is 7.99. The Balaban J connectivity index is 1.65. The van der Waals surface area contributed by atoms with E-state index in [1.807, 2.05) is 24.3 Å². The normalized spacial score (nSPS) is 15.8. The van der Waals surface area contributed by atoms with E-state index in [4.69, 9.17) is 4.74 Å². The number of rotatable bonds is 5. The largest absolute Gasteiger partial charge is 0.496 e. The van der Waals surface area contributed by atoms with Gasteiger partial charge in [-0.15, -0.1) is 0 Å². The van der Waals surface area contributed by atoms with Gasteiger partial charge in [-0.05, 0) is 13.0 Å².